The average Bonchev–Trinajstić information content (AvgIpc) is 2.92. The van der Waals surface area contributed by atoms with Gasteiger partial charge in [-0.1, -0.05) is 79.7 Å². The predicted octanol–water partition coefficient (Wildman–Crippen LogP) is 6.96. The number of hydrogen-bond donors (Lipinski definition) is 0. The van der Waals surface area contributed by atoms with Gasteiger partial charge in [0.1, 0.15) is 23.0 Å². The minimum atomic E-state index is 0.0687. The monoisotopic (exact) mass is 494 g/mol. The maximum Gasteiger partial charge on any atom is 0.126 e. The van der Waals surface area contributed by atoms with Crippen molar-refractivity contribution in [3.63, 3.8) is 0 Å². The SMILES string of the molecule is COc1c2cccc1Cc1cccc(c1OC)C(C)c1cccc(c1OC)Cc1cccc(c1OC)C2. The van der Waals surface area contributed by atoms with Gasteiger partial charge in [0.05, 0.1) is 28.4 Å². The Morgan fingerprint density at radius 2 is 0.703 bits per heavy atom. The molecule has 0 aromatic heterocycles. The Hall–Kier alpha value is -3.92. The van der Waals surface area contributed by atoms with Crippen molar-refractivity contribution in [2.45, 2.75) is 32.1 Å². The number of fused-ring (bicyclic) bond motifs is 8. The van der Waals surface area contributed by atoms with Crippen LogP contribution in [0.3, 0.4) is 0 Å². The molecule has 8 bridgehead atoms. The Morgan fingerprint density at radius 1 is 0.432 bits per heavy atom. The molecule has 5 rings (SSSR count). The molecule has 0 spiro atoms. The summed E-state index contributed by atoms with van der Waals surface area (Å²) in [6.07, 6.45) is 2.11. The van der Waals surface area contributed by atoms with Crippen molar-refractivity contribution in [2.24, 2.45) is 0 Å². The molecule has 0 saturated heterocycles. The van der Waals surface area contributed by atoms with Crippen molar-refractivity contribution in [3.8, 4) is 23.0 Å². The van der Waals surface area contributed by atoms with E-state index in [4.69, 9.17) is 18.9 Å². The summed E-state index contributed by atoms with van der Waals surface area (Å²) in [5.74, 6) is 3.71. The first kappa shape index (κ1) is 24.8. The van der Waals surface area contributed by atoms with Gasteiger partial charge >= 0.3 is 0 Å². The number of benzene rings is 4. The first-order valence-electron chi connectivity index (χ1n) is 12.7. The normalized spacial score (nSPS) is 13.1. The van der Waals surface area contributed by atoms with Crippen molar-refractivity contribution < 1.29 is 18.9 Å². The molecule has 1 aliphatic carbocycles. The fourth-order valence-corrected chi connectivity index (χ4v) is 5.81. The summed E-state index contributed by atoms with van der Waals surface area (Å²) in [6, 6.07) is 25.6. The van der Waals surface area contributed by atoms with E-state index in [9.17, 15) is 0 Å². The van der Waals surface area contributed by atoms with E-state index in [2.05, 4.69) is 79.7 Å². The molecule has 0 unspecified atom stereocenters. The van der Waals surface area contributed by atoms with E-state index in [0.29, 0.717) is 19.3 Å². The number of ether oxygens (including phenoxy) is 4. The molecule has 0 amide bonds. The van der Waals surface area contributed by atoms with Crippen molar-refractivity contribution >= 4 is 0 Å². The zero-order valence-corrected chi connectivity index (χ0v) is 22.3. The Morgan fingerprint density at radius 3 is 1.00 bits per heavy atom. The highest BCUT2D eigenvalue weighted by Gasteiger charge is 2.23. The van der Waals surface area contributed by atoms with Gasteiger partial charge in [-0.3, -0.25) is 0 Å². The van der Waals surface area contributed by atoms with Crippen molar-refractivity contribution in [1.82, 2.24) is 0 Å². The second-order valence-corrected chi connectivity index (χ2v) is 9.55. The van der Waals surface area contributed by atoms with Crippen molar-refractivity contribution in [2.75, 3.05) is 28.4 Å². The summed E-state index contributed by atoms with van der Waals surface area (Å²) < 4.78 is 24.1. The molecular formula is C33H34O4. The third-order valence-electron chi connectivity index (χ3n) is 7.50. The molecule has 1 aliphatic rings. The van der Waals surface area contributed by atoms with E-state index in [1.165, 1.54) is 0 Å². The van der Waals surface area contributed by atoms with Crippen LogP contribution in [0.15, 0.2) is 72.8 Å². The molecule has 4 nitrogen and oxygen atoms in total. The van der Waals surface area contributed by atoms with Crippen LogP contribution in [-0.2, 0) is 19.3 Å². The van der Waals surface area contributed by atoms with Crippen LogP contribution in [0.2, 0.25) is 0 Å². The molecule has 0 fully saturated rings. The van der Waals surface area contributed by atoms with Gasteiger partial charge in [-0.25, -0.2) is 0 Å². The molecule has 0 saturated carbocycles. The smallest absolute Gasteiger partial charge is 0.126 e. The molecule has 190 valence electrons. The molecule has 4 aromatic carbocycles. The number of methoxy groups -OCH3 is 4. The summed E-state index contributed by atoms with van der Waals surface area (Å²) >= 11 is 0. The summed E-state index contributed by atoms with van der Waals surface area (Å²) in [5.41, 5.74) is 9.05. The lowest BCUT2D eigenvalue weighted by Gasteiger charge is -2.23. The van der Waals surface area contributed by atoms with Crippen LogP contribution in [-0.4, -0.2) is 28.4 Å². The quantitative estimate of drug-likeness (QED) is 0.307. The minimum absolute atomic E-state index is 0.0687. The highest BCUT2D eigenvalue weighted by Crippen LogP contribution is 2.42. The van der Waals surface area contributed by atoms with Crippen LogP contribution < -0.4 is 18.9 Å². The van der Waals surface area contributed by atoms with E-state index in [1.54, 1.807) is 28.4 Å². The van der Waals surface area contributed by atoms with Crippen molar-refractivity contribution in [3.05, 3.63) is 117 Å². The lowest BCUT2D eigenvalue weighted by Crippen LogP contribution is -2.08. The molecule has 0 aliphatic heterocycles. The van der Waals surface area contributed by atoms with Crippen LogP contribution in [0.4, 0.5) is 0 Å². The molecular weight excluding hydrogens is 460 g/mol. The number of rotatable bonds is 4. The minimum Gasteiger partial charge on any atom is -0.496 e. The standard InChI is InChI=1S/C33H34O4/c1-21-28-16-8-14-26(32(28)36-4)19-24-12-6-10-22(30(24)34-2)18-23-11-7-13-25(31(23)35-3)20-27-15-9-17-29(21)33(27)37-5/h6-17,21H,18-20H2,1-5H3. The molecule has 4 heteroatoms. The number of para-hydroxylation sites is 4. The van der Waals surface area contributed by atoms with Gasteiger partial charge in [0.2, 0.25) is 0 Å². The van der Waals surface area contributed by atoms with E-state index in [0.717, 1.165) is 67.5 Å². The zero-order chi connectivity index (χ0) is 25.9. The number of hydrogen-bond acceptors (Lipinski definition) is 4. The summed E-state index contributed by atoms with van der Waals surface area (Å²) in [7, 11) is 7.02. The van der Waals surface area contributed by atoms with Crippen LogP contribution in [0.1, 0.15) is 57.3 Å². The van der Waals surface area contributed by atoms with Gasteiger partial charge in [0, 0.05) is 36.3 Å². The predicted molar refractivity (Wildman–Crippen MR) is 148 cm³/mol. The Labute approximate surface area is 219 Å². The fraction of sp³-hybridized carbons (Fsp3) is 0.273. The highest BCUT2D eigenvalue weighted by molar-refractivity contribution is 5.57. The molecule has 0 radical (unpaired) electrons. The Balaban J connectivity index is 1.79. The third kappa shape index (κ3) is 4.53. The molecule has 0 atom stereocenters. The Bertz CT molecular complexity index is 1320. The highest BCUT2D eigenvalue weighted by atomic mass is 16.5. The van der Waals surface area contributed by atoms with Gasteiger partial charge in [-0.15, -0.1) is 0 Å². The average molecular weight is 495 g/mol. The van der Waals surface area contributed by atoms with Crippen LogP contribution in [0, 0.1) is 0 Å². The summed E-state index contributed by atoms with van der Waals surface area (Å²) in [5, 5.41) is 0. The second kappa shape index (κ2) is 10.6. The van der Waals surface area contributed by atoms with Gasteiger partial charge in [-0.2, -0.15) is 0 Å². The third-order valence-corrected chi connectivity index (χ3v) is 7.50. The first-order chi connectivity index (χ1) is 18.1. The van der Waals surface area contributed by atoms with E-state index in [1.807, 2.05) is 0 Å². The van der Waals surface area contributed by atoms with Gasteiger partial charge in [0.15, 0.2) is 0 Å². The van der Waals surface area contributed by atoms with Crippen LogP contribution in [0.5, 0.6) is 23.0 Å². The van der Waals surface area contributed by atoms with Crippen LogP contribution in [0.25, 0.3) is 0 Å². The van der Waals surface area contributed by atoms with Crippen LogP contribution >= 0.6 is 0 Å². The zero-order valence-electron chi connectivity index (χ0n) is 22.3. The molecule has 4 aromatic rings. The largest absolute Gasteiger partial charge is 0.496 e. The van der Waals surface area contributed by atoms with Gasteiger partial charge in [0.25, 0.3) is 0 Å². The fourth-order valence-electron chi connectivity index (χ4n) is 5.81. The topological polar surface area (TPSA) is 36.9 Å². The van der Waals surface area contributed by atoms with Crippen molar-refractivity contribution in [1.29, 1.82) is 0 Å². The van der Waals surface area contributed by atoms with E-state index >= 15 is 0 Å². The van der Waals surface area contributed by atoms with Gasteiger partial charge < -0.3 is 18.9 Å². The maximum atomic E-state index is 6.05. The van der Waals surface area contributed by atoms with E-state index in [-0.39, 0.29) is 5.92 Å². The Kier molecular flexibility index (Phi) is 7.09. The lowest BCUT2D eigenvalue weighted by atomic mass is 9.86. The molecule has 0 N–H and O–H groups in total. The summed E-state index contributed by atoms with van der Waals surface area (Å²) in [6.45, 7) is 2.22. The summed E-state index contributed by atoms with van der Waals surface area (Å²) in [4.78, 5) is 0. The lowest BCUT2D eigenvalue weighted by molar-refractivity contribution is 0.393. The maximum absolute atomic E-state index is 6.05. The molecule has 0 heterocycles. The first-order valence-corrected chi connectivity index (χ1v) is 12.7. The van der Waals surface area contributed by atoms with E-state index < -0.39 is 0 Å². The molecule has 37 heavy (non-hydrogen) atoms. The van der Waals surface area contributed by atoms with Gasteiger partial charge in [-0.05, 0) is 33.4 Å². The second-order valence-electron chi connectivity index (χ2n) is 9.55.